The minimum absolute atomic E-state index is 0.0916. The van der Waals surface area contributed by atoms with E-state index in [0.29, 0.717) is 0 Å². The van der Waals surface area contributed by atoms with E-state index in [0.717, 1.165) is 0 Å². The molecule has 0 unspecified atom stereocenters. The lowest BCUT2D eigenvalue weighted by Gasteiger charge is -2.32. The van der Waals surface area contributed by atoms with Crippen LogP contribution < -0.4 is 5.32 Å². The molecule has 6 N–H and O–H groups in total. The standard InChI is InChI=1S/C9H11NO6/c11-7(12)8(13,9(14,15)16)10-6-4-2-1-3-5-6/h1-5,10,13-16H,(H,11,12)/t8-/m0/s1. The van der Waals surface area contributed by atoms with Gasteiger partial charge in [-0.15, -0.1) is 0 Å². The van der Waals surface area contributed by atoms with Gasteiger partial charge in [-0.1, -0.05) is 18.2 Å². The van der Waals surface area contributed by atoms with E-state index in [9.17, 15) is 9.90 Å². The lowest BCUT2D eigenvalue weighted by Crippen LogP contribution is -2.64. The van der Waals surface area contributed by atoms with Crippen LogP contribution in [0.3, 0.4) is 0 Å². The van der Waals surface area contributed by atoms with E-state index in [1.807, 2.05) is 5.32 Å². The van der Waals surface area contributed by atoms with Crippen LogP contribution in [0, 0.1) is 0 Å². The first-order valence-electron chi connectivity index (χ1n) is 4.23. The number of nitrogens with one attached hydrogen (secondary N) is 1. The average Bonchev–Trinajstić information content (AvgIpc) is 2.17. The quantitative estimate of drug-likeness (QED) is 0.346. The second kappa shape index (κ2) is 4.06. The normalized spacial score (nSPS) is 15.2. The van der Waals surface area contributed by atoms with Gasteiger partial charge in [-0.05, 0) is 12.1 Å². The summed E-state index contributed by atoms with van der Waals surface area (Å²) >= 11 is 0. The smallest absolute Gasteiger partial charge is 0.366 e. The molecule has 0 fully saturated rings. The van der Waals surface area contributed by atoms with Crippen molar-refractivity contribution in [1.82, 2.24) is 0 Å². The van der Waals surface area contributed by atoms with Crippen molar-refractivity contribution in [3.8, 4) is 0 Å². The van der Waals surface area contributed by atoms with Gasteiger partial charge in [-0.25, -0.2) is 4.79 Å². The molecule has 0 saturated carbocycles. The summed E-state index contributed by atoms with van der Waals surface area (Å²) in [6, 6.07) is 7.44. The summed E-state index contributed by atoms with van der Waals surface area (Å²) in [5, 5.41) is 46.3. The summed E-state index contributed by atoms with van der Waals surface area (Å²) in [4.78, 5) is 10.7. The third kappa shape index (κ3) is 2.28. The highest BCUT2D eigenvalue weighted by Gasteiger charge is 2.55. The highest BCUT2D eigenvalue weighted by molar-refractivity contribution is 5.81. The van der Waals surface area contributed by atoms with Gasteiger partial charge in [0, 0.05) is 5.69 Å². The molecule has 88 valence electrons. The zero-order valence-electron chi connectivity index (χ0n) is 8.03. The molecule has 0 aliphatic carbocycles. The Morgan fingerprint density at radius 1 is 1.06 bits per heavy atom. The van der Waals surface area contributed by atoms with Crippen LogP contribution in [-0.4, -0.2) is 43.2 Å². The third-order valence-electron chi connectivity index (χ3n) is 1.89. The van der Waals surface area contributed by atoms with Crippen molar-refractivity contribution >= 4 is 11.7 Å². The number of benzene rings is 1. The molecular formula is C9H11NO6. The molecule has 0 heterocycles. The average molecular weight is 229 g/mol. The maximum absolute atomic E-state index is 10.7. The molecule has 1 aromatic carbocycles. The van der Waals surface area contributed by atoms with Gasteiger partial charge in [0.15, 0.2) is 0 Å². The Morgan fingerprint density at radius 2 is 1.56 bits per heavy atom. The number of carboxylic acid groups (broad SMARTS) is 1. The van der Waals surface area contributed by atoms with Crippen molar-refractivity contribution in [2.75, 3.05) is 5.32 Å². The number of anilines is 1. The number of carbonyl (C=O) groups is 1. The van der Waals surface area contributed by atoms with Crippen LogP contribution in [0.2, 0.25) is 0 Å². The van der Waals surface area contributed by atoms with Crippen molar-refractivity contribution in [2.24, 2.45) is 0 Å². The van der Waals surface area contributed by atoms with E-state index >= 15 is 0 Å². The topological polar surface area (TPSA) is 130 Å². The summed E-state index contributed by atoms with van der Waals surface area (Å²) < 4.78 is 0. The van der Waals surface area contributed by atoms with E-state index in [2.05, 4.69) is 0 Å². The second-order valence-electron chi connectivity index (χ2n) is 3.14. The molecule has 0 bridgehead atoms. The number of para-hydroxylation sites is 1. The molecule has 1 rings (SSSR count). The Bertz CT molecular complexity index is 373. The van der Waals surface area contributed by atoms with Crippen LogP contribution in [-0.2, 0) is 4.79 Å². The molecule has 0 aliphatic rings. The number of hydrogen-bond donors (Lipinski definition) is 6. The lowest BCUT2D eigenvalue weighted by molar-refractivity contribution is -0.375. The first-order valence-corrected chi connectivity index (χ1v) is 4.23. The molecule has 0 saturated heterocycles. The summed E-state index contributed by atoms with van der Waals surface area (Å²) in [7, 11) is 0. The van der Waals surface area contributed by atoms with Crippen LogP contribution in [0.25, 0.3) is 0 Å². The molecule has 0 aliphatic heterocycles. The number of hydrogen-bond acceptors (Lipinski definition) is 6. The zero-order valence-corrected chi connectivity index (χ0v) is 8.03. The van der Waals surface area contributed by atoms with E-state index in [1.165, 1.54) is 24.3 Å². The van der Waals surface area contributed by atoms with E-state index in [-0.39, 0.29) is 5.69 Å². The third-order valence-corrected chi connectivity index (χ3v) is 1.89. The number of carboxylic acids is 1. The fourth-order valence-corrected chi connectivity index (χ4v) is 1.01. The molecule has 0 spiro atoms. The predicted molar refractivity (Wildman–Crippen MR) is 52.0 cm³/mol. The first kappa shape index (κ1) is 12.4. The SMILES string of the molecule is O=C(O)[C@@](O)(Nc1ccccc1)C(O)(O)O. The van der Waals surface area contributed by atoms with Crippen LogP contribution in [0.5, 0.6) is 0 Å². The fourth-order valence-electron chi connectivity index (χ4n) is 1.01. The maximum atomic E-state index is 10.7. The van der Waals surface area contributed by atoms with E-state index in [1.54, 1.807) is 6.07 Å². The molecule has 0 radical (unpaired) electrons. The van der Waals surface area contributed by atoms with Gasteiger partial charge in [-0.3, -0.25) is 0 Å². The van der Waals surface area contributed by atoms with Gasteiger partial charge in [0.25, 0.3) is 0 Å². The highest BCUT2D eigenvalue weighted by atomic mass is 16.7. The molecule has 0 amide bonds. The van der Waals surface area contributed by atoms with Gasteiger partial charge in [0.05, 0.1) is 0 Å². The minimum atomic E-state index is -3.82. The molecule has 1 atom stereocenters. The molecule has 7 nitrogen and oxygen atoms in total. The lowest BCUT2D eigenvalue weighted by atomic mass is 10.1. The monoisotopic (exact) mass is 229 g/mol. The summed E-state index contributed by atoms with van der Waals surface area (Å²) in [5.74, 6) is -5.86. The Morgan fingerprint density at radius 3 is 1.94 bits per heavy atom. The van der Waals surface area contributed by atoms with Gasteiger partial charge in [-0.2, -0.15) is 0 Å². The van der Waals surface area contributed by atoms with E-state index in [4.69, 9.17) is 20.4 Å². The highest BCUT2D eigenvalue weighted by Crippen LogP contribution is 2.21. The van der Waals surface area contributed by atoms with Crippen molar-refractivity contribution in [1.29, 1.82) is 0 Å². The van der Waals surface area contributed by atoms with Crippen molar-refractivity contribution < 1.29 is 30.3 Å². The summed E-state index contributed by atoms with van der Waals surface area (Å²) in [6.45, 7) is 0. The van der Waals surface area contributed by atoms with Gasteiger partial charge < -0.3 is 30.8 Å². The Kier molecular flexibility index (Phi) is 3.15. The Labute approximate surface area is 90.2 Å². The van der Waals surface area contributed by atoms with Crippen molar-refractivity contribution in [3.05, 3.63) is 30.3 Å². The number of aliphatic hydroxyl groups is 4. The van der Waals surface area contributed by atoms with Gasteiger partial charge in [0.2, 0.25) is 0 Å². The minimum Gasteiger partial charge on any atom is -0.477 e. The summed E-state index contributed by atoms with van der Waals surface area (Å²) in [5.41, 5.74) is -3.23. The fraction of sp³-hybridized carbons (Fsp3) is 0.222. The van der Waals surface area contributed by atoms with Crippen molar-refractivity contribution in [3.63, 3.8) is 0 Å². The van der Waals surface area contributed by atoms with E-state index < -0.39 is 17.7 Å². The van der Waals surface area contributed by atoms with Crippen LogP contribution >= 0.6 is 0 Å². The van der Waals surface area contributed by atoms with Crippen LogP contribution in [0.15, 0.2) is 30.3 Å². The van der Waals surface area contributed by atoms with Crippen LogP contribution in [0.1, 0.15) is 0 Å². The van der Waals surface area contributed by atoms with Gasteiger partial charge in [0.1, 0.15) is 0 Å². The summed E-state index contributed by atoms with van der Waals surface area (Å²) in [6.07, 6.45) is 0. The van der Waals surface area contributed by atoms with Crippen LogP contribution in [0.4, 0.5) is 5.69 Å². The molecular weight excluding hydrogens is 218 g/mol. The van der Waals surface area contributed by atoms with Gasteiger partial charge >= 0.3 is 17.7 Å². The largest absolute Gasteiger partial charge is 0.477 e. The number of rotatable bonds is 4. The molecule has 1 aromatic rings. The molecule has 0 aromatic heterocycles. The Balaban J connectivity index is 3.03. The second-order valence-corrected chi connectivity index (χ2v) is 3.14. The predicted octanol–water partition coefficient (Wildman–Crippen LogP) is -1.50. The first-order chi connectivity index (χ1) is 7.27. The zero-order chi connectivity index (χ0) is 12.4. The number of aliphatic carboxylic acids is 1. The maximum Gasteiger partial charge on any atom is 0.366 e. The molecule has 7 heteroatoms. The van der Waals surface area contributed by atoms with Crippen molar-refractivity contribution in [2.45, 2.75) is 11.7 Å². The Hall–Kier alpha value is -1.67. The molecule has 16 heavy (non-hydrogen) atoms.